The third-order valence-electron chi connectivity index (χ3n) is 5.03. The number of aryl methyl sites for hydroxylation is 1. The molecule has 0 unspecified atom stereocenters. The van der Waals surface area contributed by atoms with Gasteiger partial charge in [0.25, 0.3) is 0 Å². The first-order valence-corrected chi connectivity index (χ1v) is 11.1. The van der Waals surface area contributed by atoms with Crippen LogP contribution < -0.4 is 10.8 Å². The van der Waals surface area contributed by atoms with Gasteiger partial charge in [-0.3, -0.25) is 4.57 Å². The average molecular weight is 435 g/mol. The molecule has 12 heteroatoms. The molecule has 2 heterocycles. The fraction of sp³-hybridized carbons (Fsp3) is 0.412. The topological polar surface area (TPSA) is 146 Å². The molecular weight excluding hydrogens is 416 g/mol. The minimum atomic E-state index is -4.13. The van der Waals surface area contributed by atoms with E-state index in [4.69, 9.17) is 9.88 Å². The van der Waals surface area contributed by atoms with Gasteiger partial charge >= 0.3 is 5.69 Å². The number of nitrogens with zero attached hydrogens (tertiary/aromatic N) is 5. The quantitative estimate of drug-likeness (QED) is 0.604. The van der Waals surface area contributed by atoms with Crippen LogP contribution in [0, 0.1) is 18.3 Å². The highest BCUT2D eigenvalue weighted by atomic mass is 32.2. The van der Waals surface area contributed by atoms with Gasteiger partial charge in [0.2, 0.25) is 15.2 Å². The molecule has 29 heavy (non-hydrogen) atoms. The van der Waals surface area contributed by atoms with Gasteiger partial charge in [-0.05, 0) is 31.9 Å². The summed E-state index contributed by atoms with van der Waals surface area (Å²) < 4.78 is 32.6. The first kappa shape index (κ1) is 19.7. The SMILES string of the molecule is COCCn1c(=O)n(-c2nnc(C)s2)c2c(C3(C#N)CC3)c(S(N)(=O)=O)ccc21. The normalized spacial score (nSPS) is 15.5. The molecule has 1 aliphatic carbocycles. The van der Waals surface area contributed by atoms with Gasteiger partial charge in [0.05, 0.1) is 40.6 Å². The molecule has 1 aliphatic rings. The lowest BCUT2D eigenvalue weighted by atomic mass is 9.96. The smallest absolute Gasteiger partial charge is 0.335 e. The summed E-state index contributed by atoms with van der Waals surface area (Å²) in [6.45, 7) is 2.29. The van der Waals surface area contributed by atoms with Crippen molar-refractivity contribution in [3.63, 3.8) is 0 Å². The van der Waals surface area contributed by atoms with Gasteiger partial charge in [-0.1, -0.05) is 11.3 Å². The summed E-state index contributed by atoms with van der Waals surface area (Å²) in [7, 11) is -2.60. The average Bonchev–Trinajstić information content (AvgIpc) is 3.27. The number of rotatable bonds is 6. The molecule has 10 nitrogen and oxygen atoms in total. The number of ether oxygens (including phenoxy) is 1. The zero-order valence-corrected chi connectivity index (χ0v) is 17.4. The van der Waals surface area contributed by atoms with Gasteiger partial charge in [-0.2, -0.15) is 5.26 Å². The Hall–Kier alpha value is -2.59. The monoisotopic (exact) mass is 434 g/mol. The number of imidazole rings is 1. The minimum Gasteiger partial charge on any atom is -0.383 e. The van der Waals surface area contributed by atoms with Gasteiger partial charge in [0, 0.05) is 12.7 Å². The number of nitriles is 1. The third-order valence-corrected chi connectivity index (χ3v) is 6.81. The van der Waals surface area contributed by atoms with Crippen molar-refractivity contribution in [1.82, 2.24) is 19.3 Å². The van der Waals surface area contributed by atoms with Crippen LogP contribution in [0.15, 0.2) is 21.8 Å². The molecule has 2 aromatic heterocycles. The second-order valence-electron chi connectivity index (χ2n) is 6.91. The molecule has 152 valence electrons. The Morgan fingerprint density at radius 2 is 2.10 bits per heavy atom. The largest absolute Gasteiger partial charge is 0.383 e. The molecule has 0 radical (unpaired) electrons. The summed E-state index contributed by atoms with van der Waals surface area (Å²) in [5, 5.41) is 24.3. The number of primary sulfonamides is 1. The van der Waals surface area contributed by atoms with Gasteiger partial charge in [-0.25, -0.2) is 22.9 Å². The number of fused-ring (bicyclic) bond motifs is 1. The Balaban J connectivity index is 2.20. The molecule has 1 aromatic carbocycles. The van der Waals surface area contributed by atoms with Gasteiger partial charge in [0.15, 0.2) is 0 Å². The van der Waals surface area contributed by atoms with Crippen molar-refractivity contribution in [2.75, 3.05) is 13.7 Å². The molecule has 0 spiro atoms. The van der Waals surface area contributed by atoms with Crippen LogP contribution in [0.1, 0.15) is 23.4 Å². The Morgan fingerprint density at radius 3 is 2.62 bits per heavy atom. The molecule has 3 aromatic rings. The number of hydrogen-bond acceptors (Lipinski definition) is 8. The van der Waals surface area contributed by atoms with E-state index < -0.39 is 21.1 Å². The van der Waals surface area contributed by atoms with Crippen LogP contribution in [-0.2, 0) is 26.7 Å². The van der Waals surface area contributed by atoms with Gasteiger partial charge in [0.1, 0.15) is 5.01 Å². The molecule has 1 saturated carbocycles. The van der Waals surface area contributed by atoms with E-state index in [0.717, 1.165) is 0 Å². The first-order chi connectivity index (χ1) is 13.7. The van der Waals surface area contributed by atoms with Crippen molar-refractivity contribution in [1.29, 1.82) is 5.26 Å². The van der Waals surface area contributed by atoms with E-state index in [1.54, 1.807) is 6.92 Å². The molecule has 0 atom stereocenters. The van der Waals surface area contributed by atoms with E-state index in [9.17, 15) is 18.5 Å². The van der Waals surface area contributed by atoms with Crippen LogP contribution in [0.2, 0.25) is 0 Å². The van der Waals surface area contributed by atoms with Crippen molar-refractivity contribution in [2.45, 2.75) is 36.6 Å². The maximum atomic E-state index is 13.3. The van der Waals surface area contributed by atoms with Crippen LogP contribution >= 0.6 is 11.3 Å². The van der Waals surface area contributed by atoms with Crippen LogP contribution in [-0.4, -0.2) is 41.5 Å². The fourth-order valence-electron chi connectivity index (χ4n) is 3.52. The van der Waals surface area contributed by atoms with Crippen molar-refractivity contribution in [2.24, 2.45) is 5.14 Å². The highest BCUT2D eigenvalue weighted by Gasteiger charge is 2.50. The molecule has 0 aliphatic heterocycles. The summed E-state index contributed by atoms with van der Waals surface area (Å²) in [6.07, 6.45) is 0.968. The minimum absolute atomic E-state index is 0.150. The van der Waals surface area contributed by atoms with Crippen LogP contribution in [0.5, 0.6) is 0 Å². The maximum Gasteiger partial charge on any atom is 0.335 e. The molecule has 1 fully saturated rings. The predicted octanol–water partition coefficient (Wildman–Crippen LogP) is 0.801. The predicted molar refractivity (Wildman–Crippen MR) is 106 cm³/mol. The highest BCUT2D eigenvalue weighted by molar-refractivity contribution is 7.89. The number of methoxy groups -OCH3 is 1. The fourth-order valence-corrected chi connectivity index (χ4v) is 5.04. The Kier molecular flexibility index (Phi) is 4.58. The Morgan fingerprint density at radius 1 is 1.38 bits per heavy atom. The van der Waals surface area contributed by atoms with Crippen molar-refractivity contribution >= 4 is 32.4 Å². The van der Waals surface area contributed by atoms with Crippen LogP contribution in [0.25, 0.3) is 16.2 Å². The van der Waals surface area contributed by atoms with Crippen molar-refractivity contribution < 1.29 is 13.2 Å². The summed E-state index contributed by atoms with van der Waals surface area (Å²) in [6, 6.07) is 5.13. The van der Waals surface area contributed by atoms with E-state index in [2.05, 4.69) is 16.3 Å². The lowest BCUT2D eigenvalue weighted by molar-refractivity contribution is 0.187. The van der Waals surface area contributed by atoms with E-state index in [1.807, 2.05) is 0 Å². The maximum absolute atomic E-state index is 13.3. The highest BCUT2D eigenvalue weighted by Crippen LogP contribution is 2.52. The summed E-state index contributed by atoms with van der Waals surface area (Å²) in [4.78, 5) is 13.1. The first-order valence-electron chi connectivity index (χ1n) is 8.76. The van der Waals surface area contributed by atoms with E-state index in [1.165, 1.54) is 39.7 Å². The van der Waals surface area contributed by atoms with E-state index >= 15 is 0 Å². The summed E-state index contributed by atoms with van der Waals surface area (Å²) in [5.41, 5.74) is -0.352. The zero-order chi connectivity index (χ0) is 21.0. The zero-order valence-electron chi connectivity index (χ0n) is 15.7. The number of sulfonamides is 1. The Bertz CT molecular complexity index is 1320. The van der Waals surface area contributed by atoms with Gasteiger partial charge in [-0.15, -0.1) is 10.2 Å². The third kappa shape index (κ3) is 3.06. The second kappa shape index (κ2) is 6.74. The van der Waals surface area contributed by atoms with Crippen molar-refractivity contribution in [3.8, 4) is 11.2 Å². The lowest BCUT2D eigenvalue weighted by Gasteiger charge is -2.15. The number of hydrogen-bond donors (Lipinski definition) is 1. The lowest BCUT2D eigenvalue weighted by Crippen LogP contribution is -2.25. The standard InChI is InChI=1S/C17H18N6O4S2/c1-10-20-21-15(28-10)23-14-11(22(16(23)24)7-8-27-2)3-4-12(29(19,25)26)13(14)17(9-18)5-6-17/h3-4H,5-8H2,1-2H3,(H2,19,25,26). The molecule has 0 amide bonds. The number of nitrogens with two attached hydrogens (primary N) is 1. The molecule has 0 saturated heterocycles. The van der Waals surface area contributed by atoms with E-state index in [-0.39, 0.29) is 23.6 Å². The van der Waals surface area contributed by atoms with E-state index in [0.29, 0.717) is 34.0 Å². The van der Waals surface area contributed by atoms with Crippen LogP contribution in [0.4, 0.5) is 0 Å². The van der Waals surface area contributed by atoms with Gasteiger partial charge < -0.3 is 4.74 Å². The van der Waals surface area contributed by atoms with Crippen molar-refractivity contribution in [3.05, 3.63) is 33.2 Å². The molecular formula is C17H18N6O4S2. The Labute approximate surface area is 170 Å². The summed E-state index contributed by atoms with van der Waals surface area (Å²) >= 11 is 1.20. The molecule has 2 N–H and O–H groups in total. The number of benzene rings is 1. The molecule has 0 bridgehead atoms. The molecule has 4 rings (SSSR count). The number of aromatic nitrogens is 4. The second-order valence-corrected chi connectivity index (χ2v) is 9.60. The summed E-state index contributed by atoms with van der Waals surface area (Å²) in [5.74, 6) is 0. The van der Waals surface area contributed by atoms with Crippen LogP contribution in [0.3, 0.4) is 0 Å².